The van der Waals surface area contributed by atoms with Crippen molar-refractivity contribution in [3.05, 3.63) is 11.6 Å². The quantitative estimate of drug-likeness (QED) is 0.683. The Kier molecular flexibility index (Phi) is 5.50. The minimum Gasteiger partial charge on any atom is -0.481 e. The molecule has 0 aromatic carbocycles. The average molecular weight is 435 g/mol. The number of hydrogen-bond donors (Lipinski definition) is 2. The number of allylic oxidation sites excluding steroid dienone is 1. The molecule has 0 amide bonds. The minimum atomic E-state index is -0.952. The lowest BCUT2D eigenvalue weighted by Crippen LogP contribution is -2.58. The Labute approximate surface area is 183 Å². The van der Waals surface area contributed by atoms with E-state index in [9.17, 15) is 24.6 Å². The molecule has 0 aromatic heterocycles. The lowest BCUT2D eigenvalue weighted by molar-refractivity contribution is -0.146. The van der Waals surface area contributed by atoms with Crippen molar-refractivity contribution in [1.29, 1.82) is 0 Å². The Balaban J connectivity index is 1.71. The monoisotopic (exact) mass is 434 g/mol. The van der Waals surface area contributed by atoms with Gasteiger partial charge < -0.3 is 10.2 Å². The summed E-state index contributed by atoms with van der Waals surface area (Å²) in [5.41, 5.74) is -0.0514. The summed E-state index contributed by atoms with van der Waals surface area (Å²) in [7, 11) is 0. The van der Waals surface area contributed by atoms with E-state index in [0.29, 0.717) is 31.1 Å². The van der Waals surface area contributed by atoms with Crippen LogP contribution >= 0.6 is 11.8 Å². The average Bonchev–Trinajstić information content (AvgIpc) is 2.93. The first-order valence-corrected chi connectivity index (χ1v) is 12.2. The smallest absolute Gasteiger partial charge is 0.303 e. The van der Waals surface area contributed by atoms with Crippen molar-refractivity contribution < 1.29 is 24.6 Å². The number of aliphatic carboxylic acids is 1. The maximum Gasteiger partial charge on any atom is 0.303 e. The van der Waals surface area contributed by atoms with Crippen LogP contribution in [0.15, 0.2) is 11.6 Å². The molecule has 4 aliphatic rings. The van der Waals surface area contributed by atoms with E-state index < -0.39 is 11.6 Å². The van der Waals surface area contributed by atoms with Crippen LogP contribution in [0.25, 0.3) is 0 Å². The van der Waals surface area contributed by atoms with Gasteiger partial charge in [0.1, 0.15) is 0 Å². The number of fused-ring (bicyclic) bond motifs is 5. The van der Waals surface area contributed by atoms with Crippen LogP contribution in [-0.2, 0) is 14.4 Å². The van der Waals surface area contributed by atoms with E-state index in [-0.39, 0.29) is 39.3 Å². The van der Waals surface area contributed by atoms with Gasteiger partial charge in [-0.25, -0.2) is 0 Å². The molecule has 30 heavy (non-hydrogen) atoms. The van der Waals surface area contributed by atoms with Crippen LogP contribution in [0.4, 0.5) is 0 Å². The van der Waals surface area contributed by atoms with Crippen LogP contribution in [-0.4, -0.2) is 37.9 Å². The fraction of sp³-hybridized carbons (Fsp3) is 0.792. The lowest BCUT2D eigenvalue weighted by Gasteiger charge is -2.61. The van der Waals surface area contributed by atoms with Gasteiger partial charge in [-0.3, -0.25) is 14.4 Å². The van der Waals surface area contributed by atoms with Crippen molar-refractivity contribution in [2.24, 2.45) is 28.6 Å². The molecule has 0 radical (unpaired) electrons. The summed E-state index contributed by atoms with van der Waals surface area (Å²) in [6.07, 6.45) is 7.76. The van der Waals surface area contributed by atoms with Crippen molar-refractivity contribution in [1.82, 2.24) is 0 Å². The normalized spacial score (nSPS) is 45.2. The van der Waals surface area contributed by atoms with Gasteiger partial charge in [-0.1, -0.05) is 31.2 Å². The maximum atomic E-state index is 12.2. The summed E-state index contributed by atoms with van der Waals surface area (Å²) >= 11 is 1.42. The number of ketones is 1. The molecule has 3 unspecified atom stereocenters. The van der Waals surface area contributed by atoms with E-state index in [2.05, 4.69) is 13.8 Å². The minimum absolute atomic E-state index is 0.00444. The van der Waals surface area contributed by atoms with E-state index in [1.807, 2.05) is 6.08 Å². The van der Waals surface area contributed by atoms with Gasteiger partial charge in [-0.2, -0.15) is 0 Å². The van der Waals surface area contributed by atoms with Crippen LogP contribution in [0, 0.1) is 28.6 Å². The largest absolute Gasteiger partial charge is 0.481 e. The Hall–Kier alpha value is -1.14. The highest BCUT2D eigenvalue weighted by atomic mass is 32.2. The van der Waals surface area contributed by atoms with Crippen molar-refractivity contribution in [3.8, 4) is 0 Å². The van der Waals surface area contributed by atoms with E-state index in [1.165, 1.54) is 17.3 Å². The van der Waals surface area contributed by atoms with E-state index in [1.54, 1.807) is 6.92 Å². The molecule has 166 valence electrons. The summed E-state index contributed by atoms with van der Waals surface area (Å²) in [4.78, 5) is 35.5. The molecule has 4 aliphatic carbocycles. The van der Waals surface area contributed by atoms with Crippen LogP contribution < -0.4 is 0 Å². The number of carboxylic acids is 1. The molecule has 0 bridgehead atoms. The Morgan fingerprint density at radius 2 is 1.87 bits per heavy atom. The zero-order chi connectivity index (χ0) is 21.9. The molecule has 0 heterocycles. The number of rotatable bonds is 4. The van der Waals surface area contributed by atoms with Crippen molar-refractivity contribution in [2.75, 3.05) is 0 Å². The van der Waals surface area contributed by atoms with Gasteiger partial charge in [0, 0.05) is 25.0 Å². The fourth-order valence-electron chi connectivity index (χ4n) is 7.67. The van der Waals surface area contributed by atoms with Crippen molar-refractivity contribution in [3.63, 3.8) is 0 Å². The van der Waals surface area contributed by atoms with Gasteiger partial charge in [0.2, 0.25) is 0 Å². The summed E-state index contributed by atoms with van der Waals surface area (Å²) in [6, 6.07) is 0. The number of aliphatic hydroxyl groups is 1. The zero-order valence-electron chi connectivity index (χ0n) is 18.3. The van der Waals surface area contributed by atoms with E-state index >= 15 is 0 Å². The third-order valence-electron chi connectivity index (χ3n) is 9.35. The molecule has 6 heteroatoms. The molecule has 4 rings (SSSR count). The predicted octanol–water partition coefficient (Wildman–Crippen LogP) is 4.37. The number of hydrogen-bond acceptors (Lipinski definition) is 5. The first-order valence-electron chi connectivity index (χ1n) is 11.4. The molecule has 0 aliphatic heterocycles. The van der Waals surface area contributed by atoms with Gasteiger partial charge in [0.25, 0.3) is 0 Å². The first kappa shape index (κ1) is 22.1. The number of carbonyl (C=O) groups excluding carboxylic acids is 2. The molecular formula is C24H34O5S. The topological polar surface area (TPSA) is 91.7 Å². The molecule has 2 N–H and O–H groups in total. The number of carbonyl (C=O) groups is 3. The second-order valence-corrected chi connectivity index (χ2v) is 12.0. The maximum absolute atomic E-state index is 12.2. The standard InChI is InChI=1S/C24H34O5S/c1-14(25)30-19-13-15-12-16(26)4-8-22(15,2)17-5-9-23(3)18(21(17)19)6-10-24(23,29)11-7-20(27)28/h12,17-19,21,29H,4-11,13H2,1-3H3,(H,27,28)/t17-,18-,19?,21?,22-,23-,24?/m0/s1. The van der Waals surface area contributed by atoms with Gasteiger partial charge in [0.15, 0.2) is 10.9 Å². The van der Waals surface area contributed by atoms with Gasteiger partial charge >= 0.3 is 5.97 Å². The Bertz CT molecular complexity index is 805. The summed E-state index contributed by atoms with van der Waals surface area (Å²) in [5.74, 6) is 0.343. The summed E-state index contributed by atoms with van der Waals surface area (Å²) in [6.45, 7) is 6.09. The Morgan fingerprint density at radius 3 is 2.53 bits per heavy atom. The van der Waals surface area contributed by atoms with Gasteiger partial charge in [0.05, 0.1) is 5.60 Å². The van der Waals surface area contributed by atoms with Crippen LogP contribution in [0.5, 0.6) is 0 Å². The van der Waals surface area contributed by atoms with E-state index in [0.717, 1.165) is 32.1 Å². The third kappa shape index (κ3) is 3.29. The van der Waals surface area contributed by atoms with Crippen LogP contribution in [0.3, 0.4) is 0 Å². The van der Waals surface area contributed by atoms with Gasteiger partial charge in [-0.05, 0) is 79.6 Å². The SMILES string of the molecule is CC(=O)SC1CC2=CC(=O)CC[C@]2(C)[C@H]2CC[C@@]3(C)[C@@H](CCC3(O)CCC(=O)O)C12. The zero-order valence-corrected chi connectivity index (χ0v) is 19.1. The van der Waals surface area contributed by atoms with Crippen LogP contribution in [0.2, 0.25) is 0 Å². The molecule has 0 saturated heterocycles. The molecule has 0 aromatic rings. The third-order valence-corrected chi connectivity index (χ3v) is 10.5. The molecular weight excluding hydrogens is 400 g/mol. The molecule has 5 nitrogen and oxygen atoms in total. The summed E-state index contributed by atoms with van der Waals surface area (Å²) in [5, 5.41) is 21.0. The fourth-order valence-corrected chi connectivity index (χ4v) is 8.90. The molecule has 0 spiro atoms. The highest BCUT2D eigenvalue weighted by molar-refractivity contribution is 8.14. The van der Waals surface area contributed by atoms with E-state index in [4.69, 9.17) is 0 Å². The molecule has 3 saturated carbocycles. The second kappa shape index (κ2) is 7.47. The van der Waals surface area contributed by atoms with Gasteiger partial charge in [-0.15, -0.1) is 0 Å². The van der Waals surface area contributed by atoms with Crippen molar-refractivity contribution >= 4 is 28.6 Å². The molecule has 7 atom stereocenters. The Morgan fingerprint density at radius 1 is 1.17 bits per heavy atom. The number of carboxylic acid groups (broad SMARTS) is 1. The predicted molar refractivity (Wildman–Crippen MR) is 116 cm³/mol. The second-order valence-electron chi connectivity index (χ2n) is 10.6. The lowest BCUT2D eigenvalue weighted by atomic mass is 9.46. The number of thioether (sulfide) groups is 1. The van der Waals surface area contributed by atoms with Crippen molar-refractivity contribution in [2.45, 2.75) is 89.4 Å². The van der Waals surface area contributed by atoms with Crippen LogP contribution in [0.1, 0.15) is 78.6 Å². The summed E-state index contributed by atoms with van der Waals surface area (Å²) < 4.78 is 0. The first-order chi connectivity index (χ1) is 14.0. The highest BCUT2D eigenvalue weighted by Crippen LogP contribution is 2.69. The highest BCUT2D eigenvalue weighted by Gasteiger charge is 2.65. The molecule has 3 fully saturated rings.